The van der Waals surface area contributed by atoms with E-state index in [9.17, 15) is 4.79 Å². The molecule has 7 nitrogen and oxygen atoms in total. The van der Waals surface area contributed by atoms with Crippen LogP contribution in [0.2, 0.25) is 0 Å². The number of fused-ring (bicyclic) bond motifs is 3. The monoisotopic (exact) mass is 609 g/mol. The first-order valence-corrected chi connectivity index (χ1v) is 16.7. The minimum absolute atomic E-state index is 0.246. The van der Waals surface area contributed by atoms with Gasteiger partial charge in [-0.2, -0.15) is 0 Å². The predicted molar refractivity (Wildman–Crippen MR) is 183 cm³/mol. The molecule has 1 unspecified atom stereocenters. The molecule has 1 atom stereocenters. The van der Waals surface area contributed by atoms with E-state index in [2.05, 4.69) is 52.1 Å². The van der Waals surface area contributed by atoms with E-state index in [1.165, 1.54) is 18.9 Å². The van der Waals surface area contributed by atoms with E-state index in [-0.39, 0.29) is 5.43 Å². The SMILES string of the molecule is C=C(NCCC(CCC)NC)c1cn2c3c(c(N4CCC(N5CCCC5)CC4)c(F)cc3c1=O)Oc1cc3ccccc3cc1-2. The van der Waals surface area contributed by atoms with Crippen molar-refractivity contribution in [3.05, 3.63) is 76.8 Å². The van der Waals surface area contributed by atoms with E-state index in [0.29, 0.717) is 58.0 Å². The summed E-state index contributed by atoms with van der Waals surface area (Å²) in [4.78, 5) is 18.8. The van der Waals surface area contributed by atoms with Crippen molar-refractivity contribution in [1.82, 2.24) is 20.1 Å². The molecule has 7 rings (SSSR count). The molecule has 1 aromatic heterocycles. The van der Waals surface area contributed by atoms with E-state index in [1.54, 1.807) is 0 Å². The molecule has 8 heteroatoms. The number of nitrogens with one attached hydrogen (secondary N) is 2. The highest BCUT2D eigenvalue weighted by Gasteiger charge is 2.33. The Labute approximate surface area is 264 Å². The lowest BCUT2D eigenvalue weighted by molar-refractivity contribution is 0.207. The Morgan fingerprint density at radius 1 is 1.07 bits per heavy atom. The molecule has 3 aliphatic heterocycles. The standard InChI is InChI=1S/C37H44FN5O2/c1-4-9-27(39-3)12-15-40-24(2)30-23-43-32-20-25-10-5-6-11-26(25)21-33(32)45-37-34(43)29(36(30)44)22-31(38)35(37)42-18-13-28(14-19-42)41-16-7-8-17-41/h5-6,10-11,20-23,27-28,39-40H,2,4,7-9,12-19H2,1,3H3. The Morgan fingerprint density at radius 2 is 1.80 bits per heavy atom. The molecule has 0 bridgehead atoms. The van der Waals surface area contributed by atoms with E-state index < -0.39 is 5.82 Å². The van der Waals surface area contributed by atoms with Crippen LogP contribution in [0, 0.1) is 5.82 Å². The van der Waals surface area contributed by atoms with Crippen molar-refractivity contribution in [1.29, 1.82) is 0 Å². The third-order valence-electron chi connectivity index (χ3n) is 10.1. The number of rotatable bonds is 10. The van der Waals surface area contributed by atoms with Gasteiger partial charge in [-0.05, 0) is 87.6 Å². The van der Waals surface area contributed by atoms with Gasteiger partial charge in [0, 0.05) is 43.6 Å². The fraction of sp³-hybridized carbons (Fsp3) is 0.432. The quantitative estimate of drug-likeness (QED) is 0.182. The Bertz CT molecular complexity index is 1800. The summed E-state index contributed by atoms with van der Waals surface area (Å²) < 4.78 is 25.0. The number of benzene rings is 3. The molecule has 0 saturated carbocycles. The van der Waals surface area contributed by atoms with Crippen LogP contribution in [0.3, 0.4) is 0 Å². The van der Waals surface area contributed by atoms with Crippen LogP contribution >= 0.6 is 0 Å². The molecule has 2 N–H and O–H groups in total. The second-order valence-electron chi connectivity index (χ2n) is 12.9. The molecule has 0 spiro atoms. The number of halogens is 1. The molecule has 4 aromatic rings. The largest absolute Gasteiger partial charge is 0.451 e. The maximum atomic E-state index is 16.3. The van der Waals surface area contributed by atoms with Crippen LogP contribution in [-0.2, 0) is 0 Å². The lowest BCUT2D eigenvalue weighted by Crippen LogP contribution is -2.44. The highest BCUT2D eigenvalue weighted by molar-refractivity contribution is 5.97. The second-order valence-corrected chi connectivity index (χ2v) is 12.9. The van der Waals surface area contributed by atoms with Gasteiger partial charge in [-0.3, -0.25) is 4.79 Å². The number of pyridine rings is 1. The van der Waals surface area contributed by atoms with Crippen LogP contribution in [-0.4, -0.2) is 61.3 Å². The van der Waals surface area contributed by atoms with Crippen molar-refractivity contribution in [2.75, 3.05) is 44.7 Å². The number of piperidine rings is 1. The zero-order chi connectivity index (χ0) is 31.1. The highest BCUT2D eigenvalue weighted by atomic mass is 19.1. The van der Waals surface area contributed by atoms with Crippen LogP contribution in [0.4, 0.5) is 10.1 Å². The van der Waals surface area contributed by atoms with E-state index in [4.69, 9.17) is 4.74 Å². The van der Waals surface area contributed by atoms with Crippen molar-refractivity contribution in [3.63, 3.8) is 0 Å². The van der Waals surface area contributed by atoms with Crippen molar-refractivity contribution in [2.24, 2.45) is 0 Å². The zero-order valence-electron chi connectivity index (χ0n) is 26.5. The number of ether oxygens (including phenoxy) is 1. The zero-order valence-corrected chi connectivity index (χ0v) is 26.5. The Balaban J connectivity index is 1.31. The van der Waals surface area contributed by atoms with Crippen LogP contribution < -0.4 is 25.7 Å². The number of likely N-dealkylation sites (tertiary alicyclic amines) is 1. The first-order valence-electron chi connectivity index (χ1n) is 16.7. The molecule has 4 heterocycles. The van der Waals surface area contributed by atoms with Gasteiger partial charge in [0.2, 0.25) is 0 Å². The van der Waals surface area contributed by atoms with Gasteiger partial charge in [0.15, 0.2) is 22.7 Å². The summed E-state index contributed by atoms with van der Waals surface area (Å²) in [7, 11) is 1.98. The molecule has 236 valence electrons. The predicted octanol–water partition coefficient (Wildman–Crippen LogP) is 6.79. The lowest BCUT2D eigenvalue weighted by atomic mass is 10.00. The summed E-state index contributed by atoms with van der Waals surface area (Å²) in [5.41, 5.74) is 2.61. The minimum atomic E-state index is -0.419. The summed E-state index contributed by atoms with van der Waals surface area (Å²) in [6, 6.07) is 14.6. The number of nitrogens with zero attached hydrogens (tertiary/aromatic N) is 3. The summed E-state index contributed by atoms with van der Waals surface area (Å²) in [5, 5.41) is 9.16. The van der Waals surface area contributed by atoms with E-state index in [0.717, 1.165) is 74.7 Å². The van der Waals surface area contributed by atoms with Gasteiger partial charge < -0.3 is 29.7 Å². The fourth-order valence-corrected chi connectivity index (χ4v) is 7.63. The van der Waals surface area contributed by atoms with Gasteiger partial charge in [-0.15, -0.1) is 0 Å². The van der Waals surface area contributed by atoms with Crippen LogP contribution in [0.25, 0.3) is 33.1 Å². The average molecular weight is 610 g/mol. The van der Waals surface area contributed by atoms with Gasteiger partial charge >= 0.3 is 0 Å². The minimum Gasteiger partial charge on any atom is -0.451 e. The van der Waals surface area contributed by atoms with E-state index in [1.807, 2.05) is 36.0 Å². The number of aromatic nitrogens is 1. The molecule has 2 saturated heterocycles. The second kappa shape index (κ2) is 12.5. The summed E-state index contributed by atoms with van der Waals surface area (Å²) in [6.07, 6.45) is 9.46. The molecule has 0 amide bonds. The Hall–Kier alpha value is -3.88. The molecular formula is C37H44FN5O2. The van der Waals surface area contributed by atoms with Crippen molar-refractivity contribution >= 4 is 33.1 Å². The molecule has 0 radical (unpaired) electrons. The maximum absolute atomic E-state index is 16.3. The number of hydrogen-bond donors (Lipinski definition) is 2. The normalized spacial score (nSPS) is 17.4. The number of hydrogen-bond acceptors (Lipinski definition) is 6. The molecular weight excluding hydrogens is 565 g/mol. The Morgan fingerprint density at radius 3 is 2.51 bits per heavy atom. The number of anilines is 1. The van der Waals surface area contributed by atoms with Crippen LogP contribution in [0.1, 0.15) is 57.4 Å². The van der Waals surface area contributed by atoms with Crippen LogP contribution in [0.5, 0.6) is 11.5 Å². The first-order chi connectivity index (χ1) is 22.0. The third-order valence-corrected chi connectivity index (χ3v) is 10.1. The van der Waals surface area contributed by atoms with Gasteiger partial charge in [-0.1, -0.05) is 44.2 Å². The highest BCUT2D eigenvalue weighted by Crippen LogP contribution is 2.48. The van der Waals surface area contributed by atoms with Gasteiger partial charge in [0.1, 0.15) is 11.2 Å². The topological polar surface area (TPSA) is 61.8 Å². The molecule has 0 aliphatic carbocycles. The molecule has 45 heavy (non-hydrogen) atoms. The van der Waals surface area contributed by atoms with Gasteiger partial charge in [0.05, 0.1) is 16.6 Å². The summed E-state index contributed by atoms with van der Waals surface area (Å²) in [6.45, 7) is 10.9. The smallest absolute Gasteiger partial charge is 0.198 e. The maximum Gasteiger partial charge on any atom is 0.198 e. The van der Waals surface area contributed by atoms with Gasteiger partial charge in [0.25, 0.3) is 0 Å². The third kappa shape index (κ3) is 5.48. The Kier molecular flexibility index (Phi) is 8.27. The fourth-order valence-electron chi connectivity index (χ4n) is 7.63. The first kappa shape index (κ1) is 29.8. The molecule has 2 fully saturated rings. The van der Waals surface area contributed by atoms with Gasteiger partial charge in [-0.25, -0.2) is 4.39 Å². The molecule has 3 aromatic carbocycles. The van der Waals surface area contributed by atoms with E-state index >= 15 is 4.39 Å². The molecule has 3 aliphatic rings. The van der Waals surface area contributed by atoms with Crippen molar-refractivity contribution in [2.45, 2.75) is 64.0 Å². The van der Waals surface area contributed by atoms with Crippen molar-refractivity contribution < 1.29 is 9.13 Å². The summed E-state index contributed by atoms with van der Waals surface area (Å²) in [5.74, 6) is 0.647. The lowest BCUT2D eigenvalue weighted by Gasteiger charge is -2.39. The average Bonchev–Trinajstić information content (AvgIpc) is 3.60. The van der Waals surface area contributed by atoms with Crippen molar-refractivity contribution in [3.8, 4) is 17.2 Å². The summed E-state index contributed by atoms with van der Waals surface area (Å²) >= 11 is 0. The van der Waals surface area contributed by atoms with Crippen LogP contribution in [0.15, 0.2) is 60.0 Å².